The smallest absolute Gasteiger partial charge is 0.238 e. The molecule has 126 valence electrons. The van der Waals surface area contributed by atoms with Gasteiger partial charge in [-0.2, -0.15) is 0 Å². The minimum atomic E-state index is -0.362. The number of carbonyl (C=O) groups excluding carboxylic acids is 1. The van der Waals surface area contributed by atoms with E-state index in [1.807, 2.05) is 30.3 Å². The van der Waals surface area contributed by atoms with Crippen molar-refractivity contribution in [2.45, 2.75) is 41.8 Å². The molecule has 2 heterocycles. The Hall–Kier alpha value is -1.93. The Morgan fingerprint density at radius 1 is 1.29 bits per heavy atom. The summed E-state index contributed by atoms with van der Waals surface area (Å²) >= 11 is 1.40. The quantitative estimate of drug-likeness (QED) is 0.803. The zero-order valence-electron chi connectivity index (χ0n) is 13.2. The van der Waals surface area contributed by atoms with E-state index in [2.05, 4.69) is 20.8 Å². The van der Waals surface area contributed by atoms with E-state index in [1.165, 1.54) is 11.8 Å². The summed E-state index contributed by atoms with van der Waals surface area (Å²) in [5, 5.41) is 15.4. The lowest BCUT2D eigenvalue weighted by Gasteiger charge is -2.17. The molecule has 0 bridgehead atoms. The molecule has 1 aliphatic heterocycles. The summed E-state index contributed by atoms with van der Waals surface area (Å²) in [7, 11) is 0. The SMILES string of the molecule is O=C(NC1CC1)C(Sc1nnnn1C1CCOC1)c1ccccc1. The molecule has 7 nitrogen and oxygen atoms in total. The van der Waals surface area contributed by atoms with Crippen LogP contribution in [0.15, 0.2) is 35.5 Å². The van der Waals surface area contributed by atoms with Gasteiger partial charge in [0.05, 0.1) is 12.6 Å². The number of carbonyl (C=O) groups is 1. The van der Waals surface area contributed by atoms with Gasteiger partial charge in [-0.15, -0.1) is 5.10 Å². The van der Waals surface area contributed by atoms with E-state index >= 15 is 0 Å². The van der Waals surface area contributed by atoms with Crippen molar-refractivity contribution in [2.75, 3.05) is 13.2 Å². The number of amides is 1. The van der Waals surface area contributed by atoms with E-state index in [4.69, 9.17) is 4.74 Å². The van der Waals surface area contributed by atoms with Crippen LogP contribution in [0.4, 0.5) is 0 Å². The average molecular weight is 345 g/mol. The Labute approximate surface area is 144 Å². The second-order valence-electron chi connectivity index (χ2n) is 6.11. The van der Waals surface area contributed by atoms with E-state index in [1.54, 1.807) is 4.68 Å². The zero-order valence-corrected chi connectivity index (χ0v) is 14.0. The third-order valence-electron chi connectivity index (χ3n) is 4.20. The number of nitrogens with zero attached hydrogens (tertiary/aromatic N) is 4. The highest BCUT2D eigenvalue weighted by molar-refractivity contribution is 8.00. The highest BCUT2D eigenvalue weighted by Crippen LogP contribution is 2.36. The number of benzene rings is 1. The summed E-state index contributed by atoms with van der Waals surface area (Å²) in [6.45, 7) is 1.34. The van der Waals surface area contributed by atoms with Crippen molar-refractivity contribution in [1.82, 2.24) is 25.5 Å². The monoisotopic (exact) mass is 345 g/mol. The maximum atomic E-state index is 12.7. The molecular formula is C16H19N5O2S. The minimum Gasteiger partial charge on any atom is -0.379 e. The number of aromatic nitrogens is 4. The van der Waals surface area contributed by atoms with E-state index < -0.39 is 0 Å². The van der Waals surface area contributed by atoms with Gasteiger partial charge < -0.3 is 10.1 Å². The van der Waals surface area contributed by atoms with Crippen molar-refractivity contribution in [3.8, 4) is 0 Å². The standard InChI is InChI=1S/C16H19N5O2S/c22-15(17-12-6-7-12)14(11-4-2-1-3-5-11)24-16-18-19-20-21(16)13-8-9-23-10-13/h1-5,12-14H,6-10H2,(H,17,22). The summed E-state index contributed by atoms with van der Waals surface area (Å²) in [5.41, 5.74) is 0.956. The van der Waals surface area contributed by atoms with Gasteiger partial charge in [-0.3, -0.25) is 4.79 Å². The summed E-state index contributed by atoms with van der Waals surface area (Å²) in [6, 6.07) is 10.2. The lowest BCUT2D eigenvalue weighted by Crippen LogP contribution is -2.30. The fourth-order valence-electron chi connectivity index (χ4n) is 2.72. The van der Waals surface area contributed by atoms with E-state index in [0.29, 0.717) is 17.8 Å². The predicted molar refractivity (Wildman–Crippen MR) is 88.5 cm³/mol. The van der Waals surface area contributed by atoms with Gasteiger partial charge in [-0.05, 0) is 35.3 Å². The van der Waals surface area contributed by atoms with Gasteiger partial charge in [0.15, 0.2) is 0 Å². The van der Waals surface area contributed by atoms with Crippen LogP contribution in [0.25, 0.3) is 0 Å². The van der Waals surface area contributed by atoms with Crippen LogP contribution in [0, 0.1) is 0 Å². The third kappa shape index (κ3) is 3.44. The van der Waals surface area contributed by atoms with Gasteiger partial charge in [-0.25, -0.2) is 4.68 Å². The van der Waals surface area contributed by atoms with Crippen LogP contribution < -0.4 is 5.32 Å². The molecule has 0 radical (unpaired) electrons. The van der Waals surface area contributed by atoms with Gasteiger partial charge >= 0.3 is 0 Å². The molecule has 8 heteroatoms. The van der Waals surface area contributed by atoms with Gasteiger partial charge in [0.1, 0.15) is 5.25 Å². The number of hydrogen-bond acceptors (Lipinski definition) is 6. The van der Waals surface area contributed by atoms with Crippen molar-refractivity contribution in [1.29, 1.82) is 0 Å². The lowest BCUT2D eigenvalue weighted by atomic mass is 10.1. The van der Waals surface area contributed by atoms with Crippen molar-refractivity contribution in [3.05, 3.63) is 35.9 Å². The fourth-order valence-corrected chi connectivity index (χ4v) is 3.77. The van der Waals surface area contributed by atoms with Crippen molar-refractivity contribution < 1.29 is 9.53 Å². The molecule has 1 saturated heterocycles. The molecule has 2 aliphatic rings. The van der Waals surface area contributed by atoms with E-state index in [9.17, 15) is 4.79 Å². The largest absolute Gasteiger partial charge is 0.379 e. The second-order valence-corrected chi connectivity index (χ2v) is 7.19. The maximum absolute atomic E-state index is 12.7. The number of tetrazole rings is 1. The van der Waals surface area contributed by atoms with Gasteiger partial charge in [0.25, 0.3) is 0 Å². The lowest BCUT2D eigenvalue weighted by molar-refractivity contribution is -0.120. The highest BCUT2D eigenvalue weighted by Gasteiger charge is 2.31. The molecule has 0 spiro atoms. The van der Waals surface area contributed by atoms with Crippen molar-refractivity contribution in [3.63, 3.8) is 0 Å². The van der Waals surface area contributed by atoms with Crippen LogP contribution in [0.5, 0.6) is 0 Å². The molecule has 1 saturated carbocycles. The van der Waals surface area contributed by atoms with Gasteiger partial charge in [-0.1, -0.05) is 42.1 Å². The molecule has 1 N–H and O–H groups in total. The molecule has 4 rings (SSSR count). The number of hydrogen-bond donors (Lipinski definition) is 1. The Morgan fingerprint density at radius 3 is 2.83 bits per heavy atom. The zero-order chi connectivity index (χ0) is 16.4. The summed E-state index contributed by atoms with van der Waals surface area (Å²) in [4.78, 5) is 12.7. The number of thioether (sulfide) groups is 1. The van der Waals surface area contributed by atoms with Crippen LogP contribution in [-0.2, 0) is 9.53 Å². The van der Waals surface area contributed by atoms with E-state index in [0.717, 1.165) is 31.4 Å². The Kier molecular flexibility index (Phi) is 4.48. The van der Waals surface area contributed by atoms with Crippen molar-refractivity contribution in [2.24, 2.45) is 0 Å². The number of nitrogens with one attached hydrogen (secondary N) is 1. The van der Waals surface area contributed by atoms with Crippen LogP contribution in [0.3, 0.4) is 0 Å². The number of rotatable bonds is 6. The number of ether oxygens (including phenoxy) is 1. The molecule has 2 atom stereocenters. The Morgan fingerprint density at radius 2 is 2.12 bits per heavy atom. The Balaban J connectivity index is 1.57. The maximum Gasteiger partial charge on any atom is 0.238 e. The average Bonchev–Trinajstić information content (AvgIpc) is 3.09. The fraction of sp³-hybridized carbons (Fsp3) is 0.500. The first-order valence-corrected chi connectivity index (χ1v) is 9.07. The van der Waals surface area contributed by atoms with Gasteiger partial charge in [0, 0.05) is 12.6 Å². The summed E-state index contributed by atoms with van der Waals surface area (Å²) in [6.07, 6.45) is 3.02. The first-order chi connectivity index (χ1) is 11.8. The molecule has 1 aromatic heterocycles. The molecule has 1 aromatic carbocycles. The molecule has 1 aliphatic carbocycles. The first-order valence-electron chi connectivity index (χ1n) is 8.19. The Bertz CT molecular complexity index is 698. The molecular weight excluding hydrogens is 326 g/mol. The molecule has 2 aromatic rings. The molecule has 24 heavy (non-hydrogen) atoms. The second kappa shape index (κ2) is 6.90. The summed E-state index contributed by atoms with van der Waals surface area (Å²) in [5.74, 6) is 0.0194. The predicted octanol–water partition coefficient (Wildman–Crippen LogP) is 1.75. The van der Waals surface area contributed by atoms with Crippen LogP contribution in [0.2, 0.25) is 0 Å². The first kappa shape index (κ1) is 15.6. The molecule has 2 unspecified atom stereocenters. The highest BCUT2D eigenvalue weighted by atomic mass is 32.2. The van der Waals surface area contributed by atoms with Crippen LogP contribution in [-0.4, -0.2) is 45.4 Å². The summed E-state index contributed by atoms with van der Waals surface area (Å²) < 4.78 is 7.22. The van der Waals surface area contributed by atoms with Crippen LogP contribution in [0.1, 0.15) is 36.1 Å². The molecule has 1 amide bonds. The minimum absolute atomic E-state index is 0.0194. The molecule has 2 fully saturated rings. The van der Waals surface area contributed by atoms with Crippen LogP contribution >= 0.6 is 11.8 Å². The van der Waals surface area contributed by atoms with Gasteiger partial charge in [0.2, 0.25) is 11.1 Å². The third-order valence-corrected chi connectivity index (χ3v) is 5.40. The normalized spacial score (nSPS) is 21.6. The van der Waals surface area contributed by atoms with E-state index in [-0.39, 0.29) is 17.2 Å². The topological polar surface area (TPSA) is 81.9 Å². The van der Waals surface area contributed by atoms with Crippen molar-refractivity contribution >= 4 is 17.7 Å².